The van der Waals surface area contributed by atoms with Crippen molar-refractivity contribution in [2.45, 2.75) is 31.8 Å². The minimum atomic E-state index is -0.212. The average Bonchev–Trinajstić information content (AvgIpc) is 3.54. The quantitative estimate of drug-likeness (QED) is 0.761. The molecule has 1 atom stereocenters. The largest absolute Gasteiger partial charge is 0.365 e. The van der Waals surface area contributed by atoms with Gasteiger partial charge in [0.05, 0.1) is 6.10 Å². The van der Waals surface area contributed by atoms with Gasteiger partial charge in [-0.1, -0.05) is 6.07 Å². The van der Waals surface area contributed by atoms with Crippen LogP contribution in [0.4, 0.5) is 0 Å². The molecule has 1 aliphatic carbocycles. The van der Waals surface area contributed by atoms with Gasteiger partial charge in [-0.05, 0) is 62.7 Å². The number of ether oxygens (including phenoxy) is 1. The summed E-state index contributed by atoms with van der Waals surface area (Å²) in [5.41, 5.74) is 0.393. The topological polar surface area (TPSA) is 74.8 Å². The number of likely N-dealkylation sites (tertiary alicyclic amines) is 1. The number of aromatic nitrogens is 1. The lowest BCUT2D eigenvalue weighted by Gasteiger charge is -2.38. The van der Waals surface area contributed by atoms with Gasteiger partial charge in [-0.2, -0.15) is 0 Å². The zero-order valence-electron chi connectivity index (χ0n) is 16.4. The van der Waals surface area contributed by atoms with Gasteiger partial charge in [-0.3, -0.25) is 14.6 Å². The zero-order chi connectivity index (χ0) is 19.3. The molecular weight excluding hydrogens is 356 g/mol. The van der Waals surface area contributed by atoms with E-state index < -0.39 is 0 Å². The molecule has 3 aliphatic rings. The smallest absolute Gasteiger partial charge is 0.269 e. The highest BCUT2D eigenvalue weighted by Crippen LogP contribution is 2.31. The number of morpholine rings is 1. The first-order valence-electron chi connectivity index (χ1n) is 10.5. The Bertz CT molecular complexity index is 671. The lowest BCUT2D eigenvalue weighted by molar-refractivity contribution is -0.149. The third-order valence-electron chi connectivity index (χ3n) is 6.01. The maximum absolute atomic E-state index is 12.3. The van der Waals surface area contributed by atoms with Gasteiger partial charge in [0, 0.05) is 32.4 Å². The van der Waals surface area contributed by atoms with E-state index in [9.17, 15) is 9.59 Å². The Morgan fingerprint density at radius 2 is 1.93 bits per heavy atom. The van der Waals surface area contributed by atoms with Crippen LogP contribution < -0.4 is 5.32 Å². The van der Waals surface area contributed by atoms with Crippen molar-refractivity contribution in [3.63, 3.8) is 0 Å². The van der Waals surface area contributed by atoms with Gasteiger partial charge >= 0.3 is 0 Å². The molecule has 1 aromatic heterocycles. The number of rotatable bonds is 7. The minimum absolute atomic E-state index is 0.0627. The van der Waals surface area contributed by atoms with Gasteiger partial charge in [0.25, 0.3) is 5.91 Å². The normalized spacial score (nSPS) is 24.4. The third-order valence-corrected chi connectivity index (χ3v) is 6.01. The van der Waals surface area contributed by atoms with Crippen LogP contribution in [0.3, 0.4) is 0 Å². The number of carbonyl (C=O) groups is 2. The number of nitrogens with one attached hydrogen (secondary N) is 1. The number of hydrogen-bond acceptors (Lipinski definition) is 5. The van der Waals surface area contributed by atoms with E-state index >= 15 is 0 Å². The molecule has 1 aromatic rings. The molecule has 28 heavy (non-hydrogen) atoms. The van der Waals surface area contributed by atoms with E-state index in [1.807, 2.05) is 4.90 Å². The van der Waals surface area contributed by atoms with Crippen molar-refractivity contribution < 1.29 is 14.3 Å². The maximum Gasteiger partial charge on any atom is 0.269 e. The van der Waals surface area contributed by atoms with E-state index in [1.165, 1.54) is 32.2 Å². The van der Waals surface area contributed by atoms with Gasteiger partial charge in [0.15, 0.2) is 0 Å². The van der Waals surface area contributed by atoms with Crippen LogP contribution in [-0.2, 0) is 9.53 Å². The molecule has 152 valence electrons. The fourth-order valence-corrected chi connectivity index (χ4v) is 4.10. The summed E-state index contributed by atoms with van der Waals surface area (Å²) in [6.07, 6.45) is 6.57. The molecule has 2 aliphatic heterocycles. The molecular formula is C21H30N4O3. The van der Waals surface area contributed by atoms with Gasteiger partial charge in [-0.15, -0.1) is 0 Å². The summed E-state index contributed by atoms with van der Waals surface area (Å²) in [4.78, 5) is 33.0. The molecule has 7 nitrogen and oxygen atoms in total. The van der Waals surface area contributed by atoms with Gasteiger partial charge in [-0.25, -0.2) is 0 Å². The highest BCUT2D eigenvalue weighted by molar-refractivity contribution is 5.92. The average molecular weight is 386 g/mol. The number of piperidine rings is 1. The predicted octanol–water partition coefficient (Wildman–Crippen LogP) is 1.16. The molecule has 3 heterocycles. The van der Waals surface area contributed by atoms with Crippen LogP contribution in [0.2, 0.25) is 0 Å². The Kier molecular flexibility index (Phi) is 6.22. The molecule has 0 unspecified atom stereocenters. The van der Waals surface area contributed by atoms with E-state index in [1.54, 1.807) is 24.4 Å². The first-order valence-corrected chi connectivity index (χ1v) is 10.5. The fraction of sp³-hybridized carbons (Fsp3) is 0.667. The summed E-state index contributed by atoms with van der Waals surface area (Å²) >= 11 is 0. The van der Waals surface area contributed by atoms with Crippen LogP contribution in [-0.4, -0.2) is 78.6 Å². The summed E-state index contributed by atoms with van der Waals surface area (Å²) < 4.78 is 5.63. The molecule has 4 rings (SSSR count). The molecule has 3 fully saturated rings. The molecule has 1 saturated carbocycles. The Morgan fingerprint density at radius 1 is 1.14 bits per heavy atom. The summed E-state index contributed by atoms with van der Waals surface area (Å²) in [7, 11) is 0. The van der Waals surface area contributed by atoms with Crippen molar-refractivity contribution in [3.8, 4) is 0 Å². The fourth-order valence-electron chi connectivity index (χ4n) is 4.10. The van der Waals surface area contributed by atoms with Crippen molar-refractivity contribution in [3.05, 3.63) is 30.1 Å². The number of amides is 2. The molecule has 0 spiro atoms. The summed E-state index contributed by atoms with van der Waals surface area (Å²) in [6.45, 7) is 5.42. The second kappa shape index (κ2) is 9.01. The van der Waals surface area contributed by atoms with Crippen LogP contribution in [0, 0.1) is 11.8 Å². The standard InChI is InChI=1S/C21H30N4O3/c26-20-15-28-18(11-23-21(27)19-3-1-2-8-22-19)14-25(20)13-17-6-9-24(10-7-17)12-16-4-5-16/h1-3,8,16-18H,4-7,9-15H2,(H,23,27)/t18-/m0/s1. The molecule has 0 aromatic carbocycles. The van der Waals surface area contributed by atoms with Gasteiger partial charge < -0.3 is 19.9 Å². The Morgan fingerprint density at radius 3 is 2.64 bits per heavy atom. The van der Waals surface area contributed by atoms with Crippen molar-refractivity contribution in [2.24, 2.45) is 11.8 Å². The number of pyridine rings is 1. The lowest BCUT2D eigenvalue weighted by atomic mass is 9.95. The summed E-state index contributed by atoms with van der Waals surface area (Å²) in [6, 6.07) is 5.25. The summed E-state index contributed by atoms with van der Waals surface area (Å²) in [5, 5.41) is 2.87. The Hall–Kier alpha value is -1.99. The zero-order valence-corrected chi connectivity index (χ0v) is 16.4. The highest BCUT2D eigenvalue weighted by Gasteiger charge is 2.31. The molecule has 2 amide bonds. The van der Waals surface area contributed by atoms with Crippen LogP contribution in [0.5, 0.6) is 0 Å². The third kappa shape index (κ3) is 5.29. The Balaban J connectivity index is 1.21. The highest BCUT2D eigenvalue weighted by atomic mass is 16.5. The Labute approximate surface area is 166 Å². The van der Waals surface area contributed by atoms with Gasteiger partial charge in [0.1, 0.15) is 12.3 Å². The second-order valence-corrected chi connectivity index (χ2v) is 8.34. The molecule has 2 saturated heterocycles. The van der Waals surface area contributed by atoms with Crippen molar-refractivity contribution >= 4 is 11.8 Å². The number of nitrogens with zero attached hydrogens (tertiary/aromatic N) is 3. The van der Waals surface area contributed by atoms with E-state index in [-0.39, 0.29) is 24.5 Å². The number of hydrogen-bond donors (Lipinski definition) is 1. The minimum Gasteiger partial charge on any atom is -0.365 e. The second-order valence-electron chi connectivity index (χ2n) is 8.34. The van der Waals surface area contributed by atoms with Crippen LogP contribution in [0.1, 0.15) is 36.2 Å². The first kappa shape index (κ1) is 19.3. The van der Waals surface area contributed by atoms with E-state index in [0.717, 1.165) is 25.6 Å². The van der Waals surface area contributed by atoms with Crippen molar-refractivity contribution in [2.75, 3.05) is 45.9 Å². The van der Waals surface area contributed by atoms with E-state index in [4.69, 9.17) is 4.74 Å². The molecule has 1 N–H and O–H groups in total. The van der Waals surface area contributed by atoms with Crippen LogP contribution in [0.25, 0.3) is 0 Å². The SMILES string of the molecule is O=C(NC[C@H]1CN(CC2CCN(CC3CC3)CC2)C(=O)CO1)c1ccccn1. The van der Waals surface area contributed by atoms with Crippen molar-refractivity contribution in [1.29, 1.82) is 0 Å². The summed E-state index contributed by atoms with van der Waals surface area (Å²) in [5.74, 6) is 1.36. The maximum atomic E-state index is 12.3. The van der Waals surface area contributed by atoms with E-state index in [2.05, 4.69) is 15.2 Å². The monoisotopic (exact) mass is 386 g/mol. The van der Waals surface area contributed by atoms with Crippen LogP contribution in [0.15, 0.2) is 24.4 Å². The van der Waals surface area contributed by atoms with Crippen LogP contribution >= 0.6 is 0 Å². The molecule has 0 bridgehead atoms. The first-order chi connectivity index (χ1) is 13.7. The van der Waals surface area contributed by atoms with E-state index in [0.29, 0.717) is 24.7 Å². The molecule has 0 radical (unpaired) electrons. The predicted molar refractivity (Wildman–Crippen MR) is 105 cm³/mol. The van der Waals surface area contributed by atoms with Gasteiger partial charge in [0.2, 0.25) is 5.91 Å². The number of carbonyl (C=O) groups excluding carboxylic acids is 2. The molecule has 7 heteroatoms. The lowest BCUT2D eigenvalue weighted by Crippen LogP contribution is -2.52. The van der Waals surface area contributed by atoms with Crippen molar-refractivity contribution in [1.82, 2.24) is 20.1 Å².